The number of benzene rings is 3. The highest BCUT2D eigenvalue weighted by Gasteiger charge is 2.33. The molecule has 3 aromatic carbocycles. The van der Waals surface area contributed by atoms with E-state index in [4.69, 9.17) is 9.47 Å². The first-order valence-electron chi connectivity index (χ1n) is 9.32. The molecular weight excluding hydrogens is 632 g/mol. The topological polar surface area (TPSA) is 85.4 Å². The molecule has 0 aliphatic carbocycles. The first kappa shape index (κ1) is 25.5. The number of halogens is 5. The molecule has 0 saturated heterocycles. The molecule has 0 spiro atoms. The van der Waals surface area contributed by atoms with Crippen LogP contribution in [0.2, 0.25) is 0 Å². The summed E-state index contributed by atoms with van der Waals surface area (Å²) in [6.07, 6.45) is -3.10. The van der Waals surface area contributed by atoms with Gasteiger partial charge in [0.15, 0.2) is 11.5 Å². The van der Waals surface area contributed by atoms with E-state index in [1.165, 1.54) is 7.11 Å². The largest absolute Gasteiger partial charge is 0.493 e. The molecule has 34 heavy (non-hydrogen) atoms. The number of allylic oxidation sites excluding steroid dienone is 1. The number of nitrogens with zero attached hydrogens (tertiary/aromatic N) is 2. The minimum absolute atomic E-state index is 0.0882. The summed E-state index contributed by atoms with van der Waals surface area (Å²) in [5, 5.41) is 21.0. The minimum atomic E-state index is -4.74. The number of rotatable bonds is 6. The standard InChI is InChI=1S/C23H13BrF3IN2O4/c1-33-21-10-13(8-15(12-29)14-2-5-17(24)6-3-14)9-18(28)22(21)34-20-7-4-16(23(25,26)27)11-19(20)30(31)32/h2-11H,1H3/b15-8+. The van der Waals surface area contributed by atoms with Crippen LogP contribution >= 0.6 is 38.5 Å². The second-order valence-corrected chi connectivity index (χ2v) is 8.83. The molecule has 0 N–H and O–H groups in total. The van der Waals surface area contributed by atoms with E-state index in [0.717, 1.165) is 10.5 Å². The zero-order valence-electron chi connectivity index (χ0n) is 17.2. The Hall–Kier alpha value is -3.11. The molecule has 0 radical (unpaired) electrons. The van der Waals surface area contributed by atoms with Crippen molar-refractivity contribution in [2.45, 2.75) is 6.18 Å². The van der Waals surface area contributed by atoms with Gasteiger partial charge in [0.25, 0.3) is 0 Å². The van der Waals surface area contributed by atoms with Gasteiger partial charge in [-0.15, -0.1) is 0 Å². The Morgan fingerprint density at radius 1 is 1.15 bits per heavy atom. The van der Waals surface area contributed by atoms with Gasteiger partial charge in [-0.05, 0) is 76.2 Å². The van der Waals surface area contributed by atoms with Crippen molar-refractivity contribution in [1.82, 2.24) is 0 Å². The van der Waals surface area contributed by atoms with E-state index in [2.05, 4.69) is 22.0 Å². The maximum absolute atomic E-state index is 13.0. The van der Waals surface area contributed by atoms with E-state index >= 15 is 0 Å². The van der Waals surface area contributed by atoms with Crippen LogP contribution in [0.15, 0.2) is 59.1 Å². The first-order valence-corrected chi connectivity index (χ1v) is 11.2. The lowest BCUT2D eigenvalue weighted by Gasteiger charge is -2.14. The van der Waals surface area contributed by atoms with Gasteiger partial charge in [-0.1, -0.05) is 28.1 Å². The van der Waals surface area contributed by atoms with E-state index in [-0.39, 0.29) is 17.2 Å². The van der Waals surface area contributed by atoms with E-state index < -0.39 is 22.4 Å². The molecule has 0 unspecified atom stereocenters. The van der Waals surface area contributed by atoms with Gasteiger partial charge in [-0.3, -0.25) is 10.1 Å². The summed E-state index contributed by atoms with van der Waals surface area (Å²) in [6.45, 7) is 0. The van der Waals surface area contributed by atoms with Crippen molar-refractivity contribution in [2.24, 2.45) is 0 Å². The maximum atomic E-state index is 13.0. The number of hydrogen-bond donors (Lipinski definition) is 0. The average molecular weight is 645 g/mol. The zero-order valence-corrected chi connectivity index (χ0v) is 20.9. The Balaban J connectivity index is 2.03. The van der Waals surface area contributed by atoms with Crippen molar-refractivity contribution >= 4 is 55.9 Å². The lowest BCUT2D eigenvalue weighted by atomic mass is 10.0. The summed E-state index contributed by atoms with van der Waals surface area (Å²) in [7, 11) is 1.35. The third-order valence-corrected chi connectivity index (χ3v) is 5.86. The van der Waals surface area contributed by atoms with E-state index in [1.807, 2.05) is 22.6 Å². The summed E-state index contributed by atoms with van der Waals surface area (Å²) in [6, 6.07) is 14.5. The summed E-state index contributed by atoms with van der Waals surface area (Å²) < 4.78 is 51.3. The molecular formula is C23H13BrF3IN2O4. The average Bonchev–Trinajstić information content (AvgIpc) is 2.78. The minimum Gasteiger partial charge on any atom is -0.493 e. The smallest absolute Gasteiger partial charge is 0.416 e. The number of nitriles is 1. The van der Waals surface area contributed by atoms with Crippen molar-refractivity contribution in [2.75, 3.05) is 7.11 Å². The molecule has 0 aliphatic rings. The number of nitro groups is 1. The van der Waals surface area contributed by atoms with E-state index in [9.17, 15) is 28.5 Å². The molecule has 0 amide bonds. The number of nitro benzene ring substituents is 1. The van der Waals surface area contributed by atoms with Crippen LogP contribution in [-0.4, -0.2) is 12.0 Å². The molecule has 0 heterocycles. The van der Waals surface area contributed by atoms with Crippen LogP contribution in [0.25, 0.3) is 11.6 Å². The van der Waals surface area contributed by atoms with Crippen molar-refractivity contribution in [3.63, 3.8) is 0 Å². The highest BCUT2D eigenvalue weighted by Crippen LogP contribution is 2.42. The van der Waals surface area contributed by atoms with Gasteiger partial charge in [-0.2, -0.15) is 18.4 Å². The number of alkyl halides is 3. The lowest BCUT2D eigenvalue weighted by Crippen LogP contribution is -2.06. The second kappa shape index (κ2) is 10.4. The molecule has 0 atom stereocenters. The van der Waals surface area contributed by atoms with Crippen molar-refractivity contribution in [3.05, 3.63) is 89.4 Å². The Morgan fingerprint density at radius 3 is 2.38 bits per heavy atom. The highest BCUT2D eigenvalue weighted by molar-refractivity contribution is 14.1. The van der Waals surface area contributed by atoms with E-state index in [1.54, 1.807) is 42.5 Å². The van der Waals surface area contributed by atoms with Crippen molar-refractivity contribution in [1.29, 1.82) is 5.26 Å². The molecule has 0 aromatic heterocycles. The summed E-state index contributed by atoms with van der Waals surface area (Å²) in [5.74, 6) is -0.101. The third-order valence-electron chi connectivity index (χ3n) is 4.53. The molecule has 6 nitrogen and oxygen atoms in total. The van der Waals surface area contributed by atoms with Crippen LogP contribution in [0.5, 0.6) is 17.2 Å². The predicted octanol–water partition coefficient (Wildman–Crippen LogP) is 7.85. The maximum Gasteiger partial charge on any atom is 0.416 e. The Morgan fingerprint density at radius 2 is 1.82 bits per heavy atom. The summed E-state index contributed by atoms with van der Waals surface area (Å²) in [5.41, 5.74) is -0.322. The first-order chi connectivity index (χ1) is 16.0. The van der Waals surface area contributed by atoms with Crippen LogP contribution < -0.4 is 9.47 Å². The summed E-state index contributed by atoms with van der Waals surface area (Å²) in [4.78, 5) is 10.4. The molecule has 0 fully saturated rings. The number of methoxy groups -OCH3 is 1. The molecule has 11 heteroatoms. The van der Waals surface area contributed by atoms with Gasteiger partial charge in [0.05, 0.1) is 32.8 Å². The monoisotopic (exact) mass is 644 g/mol. The van der Waals surface area contributed by atoms with Gasteiger partial charge in [0, 0.05) is 10.5 Å². The second-order valence-electron chi connectivity index (χ2n) is 6.75. The number of hydrogen-bond acceptors (Lipinski definition) is 5. The van der Waals surface area contributed by atoms with E-state index in [0.29, 0.717) is 32.4 Å². The Labute approximate surface area is 214 Å². The van der Waals surface area contributed by atoms with Crippen LogP contribution in [0.1, 0.15) is 16.7 Å². The van der Waals surface area contributed by atoms with Gasteiger partial charge in [0.2, 0.25) is 5.75 Å². The van der Waals surface area contributed by atoms with Crippen LogP contribution in [0, 0.1) is 25.0 Å². The Bertz CT molecular complexity index is 1320. The molecule has 0 aliphatic heterocycles. The van der Waals surface area contributed by atoms with Gasteiger partial charge < -0.3 is 9.47 Å². The van der Waals surface area contributed by atoms with Crippen LogP contribution in [-0.2, 0) is 6.18 Å². The molecule has 3 aromatic rings. The molecule has 3 rings (SSSR count). The highest BCUT2D eigenvalue weighted by atomic mass is 127. The van der Waals surface area contributed by atoms with Crippen LogP contribution in [0.3, 0.4) is 0 Å². The molecule has 0 saturated carbocycles. The molecule has 174 valence electrons. The van der Waals surface area contributed by atoms with Crippen molar-refractivity contribution < 1.29 is 27.6 Å². The quantitative estimate of drug-likeness (QED) is 0.0897. The lowest BCUT2D eigenvalue weighted by molar-refractivity contribution is -0.385. The van der Waals surface area contributed by atoms with Gasteiger partial charge >= 0.3 is 11.9 Å². The number of ether oxygens (including phenoxy) is 2. The zero-order chi connectivity index (χ0) is 25.0. The van der Waals surface area contributed by atoms with Crippen molar-refractivity contribution in [3.8, 4) is 23.3 Å². The summed E-state index contributed by atoms with van der Waals surface area (Å²) >= 11 is 5.26. The fraction of sp³-hybridized carbons (Fsp3) is 0.0870. The van der Waals surface area contributed by atoms with Gasteiger partial charge in [-0.25, -0.2) is 0 Å². The Kier molecular flexibility index (Phi) is 7.83. The fourth-order valence-electron chi connectivity index (χ4n) is 2.93. The predicted molar refractivity (Wildman–Crippen MR) is 132 cm³/mol. The fourth-order valence-corrected chi connectivity index (χ4v) is 3.93. The third kappa shape index (κ3) is 5.87. The SMILES string of the molecule is COc1cc(/C=C(\C#N)c2ccc(Br)cc2)cc(I)c1Oc1ccc(C(F)(F)F)cc1[N+](=O)[O-]. The van der Waals surface area contributed by atoms with Gasteiger partial charge in [0.1, 0.15) is 0 Å². The van der Waals surface area contributed by atoms with Crippen LogP contribution in [0.4, 0.5) is 18.9 Å². The molecule has 0 bridgehead atoms. The normalized spacial score (nSPS) is 11.6.